The van der Waals surface area contributed by atoms with Crippen LogP contribution in [0.4, 0.5) is 5.69 Å². The molecule has 3 rings (SSSR count). The smallest absolute Gasteiger partial charge is 0.338 e. The molecule has 0 aromatic heterocycles. The van der Waals surface area contributed by atoms with Gasteiger partial charge in [-0.05, 0) is 62.8 Å². The van der Waals surface area contributed by atoms with E-state index in [0.717, 1.165) is 28.3 Å². The van der Waals surface area contributed by atoms with E-state index in [9.17, 15) is 4.79 Å². The summed E-state index contributed by atoms with van der Waals surface area (Å²) in [6, 6.07) is 15.2. The van der Waals surface area contributed by atoms with E-state index in [4.69, 9.17) is 21.7 Å². The Bertz CT molecular complexity index is 922. The van der Waals surface area contributed by atoms with Crippen LogP contribution < -0.4 is 15.0 Å². The van der Waals surface area contributed by atoms with Gasteiger partial charge in [-0.2, -0.15) is 0 Å². The van der Waals surface area contributed by atoms with E-state index in [1.807, 2.05) is 61.2 Å². The molecule has 0 amide bonds. The van der Waals surface area contributed by atoms with Crippen LogP contribution in [-0.4, -0.2) is 24.8 Å². The number of thiocarbonyl (C=S) groups is 1. The maximum Gasteiger partial charge on any atom is 0.338 e. The molecule has 0 saturated carbocycles. The van der Waals surface area contributed by atoms with Crippen molar-refractivity contribution in [3.8, 4) is 5.75 Å². The zero-order valence-electron chi connectivity index (χ0n) is 16.5. The van der Waals surface area contributed by atoms with Gasteiger partial charge < -0.3 is 14.8 Å². The average molecular weight is 397 g/mol. The minimum absolute atomic E-state index is 0.309. The van der Waals surface area contributed by atoms with Crippen molar-refractivity contribution < 1.29 is 14.3 Å². The molecule has 0 spiro atoms. The van der Waals surface area contributed by atoms with Crippen LogP contribution in [0.2, 0.25) is 0 Å². The molecule has 0 saturated heterocycles. The van der Waals surface area contributed by atoms with Crippen LogP contribution in [0.5, 0.6) is 5.75 Å². The fraction of sp³-hybridized carbons (Fsp3) is 0.273. The molecule has 1 aliphatic heterocycles. The predicted octanol–water partition coefficient (Wildman–Crippen LogP) is 4.28. The molecule has 1 aliphatic rings. The molecule has 0 radical (unpaired) electrons. The molecule has 2 aromatic rings. The molecule has 0 unspecified atom stereocenters. The predicted molar refractivity (Wildman–Crippen MR) is 114 cm³/mol. The maximum atomic E-state index is 12.9. The number of allylic oxidation sites excluding steroid dienone is 1. The van der Waals surface area contributed by atoms with E-state index in [-0.39, 0.29) is 12.0 Å². The second kappa shape index (κ2) is 8.44. The van der Waals surface area contributed by atoms with E-state index >= 15 is 0 Å². The average Bonchev–Trinajstić information content (AvgIpc) is 2.68. The highest BCUT2D eigenvalue weighted by Gasteiger charge is 2.35. The Morgan fingerprint density at radius 3 is 2.50 bits per heavy atom. The van der Waals surface area contributed by atoms with Crippen molar-refractivity contribution in [2.45, 2.75) is 26.8 Å². The molecule has 146 valence electrons. The first-order valence-corrected chi connectivity index (χ1v) is 9.56. The monoisotopic (exact) mass is 396 g/mol. The van der Waals surface area contributed by atoms with Crippen LogP contribution in [-0.2, 0) is 9.53 Å². The number of nitrogens with zero attached hydrogens (tertiary/aromatic N) is 1. The van der Waals surface area contributed by atoms with Gasteiger partial charge in [0.05, 0.1) is 25.3 Å². The molecule has 0 bridgehead atoms. The highest BCUT2D eigenvalue weighted by atomic mass is 32.1. The van der Waals surface area contributed by atoms with Crippen LogP contribution in [0.3, 0.4) is 0 Å². The summed E-state index contributed by atoms with van der Waals surface area (Å²) in [6.07, 6.45) is 0. The minimum Gasteiger partial charge on any atom is -0.497 e. The molecule has 0 fully saturated rings. The zero-order chi connectivity index (χ0) is 20.3. The number of nitrogens with one attached hydrogen (secondary N) is 1. The van der Waals surface area contributed by atoms with Gasteiger partial charge in [-0.1, -0.05) is 29.8 Å². The minimum atomic E-state index is -0.360. The highest BCUT2D eigenvalue weighted by Crippen LogP contribution is 2.35. The van der Waals surface area contributed by atoms with Crippen molar-refractivity contribution >= 4 is 29.0 Å². The normalized spacial score (nSPS) is 16.6. The Balaban J connectivity index is 2.10. The van der Waals surface area contributed by atoms with E-state index in [0.29, 0.717) is 17.3 Å². The molecule has 1 heterocycles. The van der Waals surface area contributed by atoms with E-state index < -0.39 is 0 Å². The number of anilines is 1. The van der Waals surface area contributed by atoms with Gasteiger partial charge in [-0.25, -0.2) is 4.79 Å². The number of esters is 1. The van der Waals surface area contributed by atoms with Crippen LogP contribution in [0, 0.1) is 6.92 Å². The third-order valence-corrected chi connectivity index (χ3v) is 4.99. The molecule has 28 heavy (non-hydrogen) atoms. The van der Waals surface area contributed by atoms with Crippen molar-refractivity contribution in [1.29, 1.82) is 0 Å². The fourth-order valence-electron chi connectivity index (χ4n) is 3.36. The Kier molecular flexibility index (Phi) is 5.99. The van der Waals surface area contributed by atoms with Gasteiger partial charge in [-0.15, -0.1) is 0 Å². The van der Waals surface area contributed by atoms with Crippen LogP contribution >= 0.6 is 12.2 Å². The number of hydrogen-bond donors (Lipinski definition) is 1. The van der Waals surface area contributed by atoms with Gasteiger partial charge in [0.2, 0.25) is 0 Å². The molecular weight excluding hydrogens is 372 g/mol. The summed E-state index contributed by atoms with van der Waals surface area (Å²) in [7, 11) is 1.62. The number of ether oxygens (including phenoxy) is 2. The summed E-state index contributed by atoms with van der Waals surface area (Å²) in [5.74, 6) is 0.407. The molecule has 2 aromatic carbocycles. The summed E-state index contributed by atoms with van der Waals surface area (Å²) in [5.41, 5.74) is 4.24. The number of rotatable bonds is 5. The van der Waals surface area contributed by atoms with Crippen LogP contribution in [0.1, 0.15) is 31.0 Å². The number of hydrogen-bond acceptors (Lipinski definition) is 4. The quantitative estimate of drug-likeness (QED) is 0.601. The highest BCUT2D eigenvalue weighted by molar-refractivity contribution is 7.80. The van der Waals surface area contributed by atoms with Gasteiger partial charge in [0.15, 0.2) is 5.11 Å². The number of benzene rings is 2. The third-order valence-electron chi connectivity index (χ3n) is 4.69. The molecule has 5 nitrogen and oxygen atoms in total. The van der Waals surface area contributed by atoms with Crippen LogP contribution in [0.15, 0.2) is 59.8 Å². The summed E-state index contributed by atoms with van der Waals surface area (Å²) in [6.45, 7) is 6.03. The lowest BCUT2D eigenvalue weighted by Gasteiger charge is -2.37. The Morgan fingerprint density at radius 2 is 1.89 bits per heavy atom. The van der Waals surface area contributed by atoms with Crippen molar-refractivity contribution in [3.05, 3.63) is 70.9 Å². The second-order valence-electron chi connectivity index (χ2n) is 6.55. The standard InChI is InChI=1S/C22H24N2O3S/c1-5-27-21(25)19-15(3)24(17-9-11-18(26-4)12-10-17)22(28)23-20(19)16-8-6-7-14(2)13-16/h6-13,20H,5H2,1-4H3,(H,23,28)/t20-/m1/s1. The first-order chi connectivity index (χ1) is 13.5. The first kappa shape index (κ1) is 19.9. The lowest BCUT2D eigenvalue weighted by atomic mass is 9.94. The number of methoxy groups -OCH3 is 1. The third kappa shape index (κ3) is 3.87. The van der Waals surface area contributed by atoms with Crippen molar-refractivity contribution in [3.63, 3.8) is 0 Å². The summed E-state index contributed by atoms with van der Waals surface area (Å²) in [4.78, 5) is 14.7. The van der Waals surface area contributed by atoms with Crippen LogP contribution in [0.25, 0.3) is 0 Å². The topological polar surface area (TPSA) is 50.8 Å². The number of carbonyl (C=O) groups excluding carboxylic acids is 1. The van der Waals surface area contributed by atoms with Gasteiger partial charge in [0.1, 0.15) is 5.75 Å². The van der Waals surface area contributed by atoms with Gasteiger partial charge in [0, 0.05) is 11.4 Å². The molecular formula is C22H24N2O3S. The molecule has 1 N–H and O–H groups in total. The second-order valence-corrected chi connectivity index (χ2v) is 6.94. The largest absolute Gasteiger partial charge is 0.497 e. The molecule has 6 heteroatoms. The SMILES string of the molecule is CCOC(=O)C1=C(C)N(c2ccc(OC)cc2)C(=S)N[C@@H]1c1cccc(C)c1. The Hall–Kier alpha value is -2.86. The molecule has 1 atom stereocenters. The van der Waals surface area contributed by atoms with Crippen molar-refractivity contribution in [1.82, 2.24) is 5.32 Å². The number of carbonyl (C=O) groups is 1. The lowest BCUT2D eigenvalue weighted by Crippen LogP contribution is -2.48. The summed E-state index contributed by atoms with van der Waals surface area (Å²) >= 11 is 5.66. The summed E-state index contributed by atoms with van der Waals surface area (Å²) in [5, 5.41) is 3.85. The van der Waals surface area contributed by atoms with Gasteiger partial charge >= 0.3 is 5.97 Å². The van der Waals surface area contributed by atoms with Gasteiger partial charge in [-0.3, -0.25) is 4.90 Å². The lowest BCUT2D eigenvalue weighted by molar-refractivity contribution is -0.139. The first-order valence-electron chi connectivity index (χ1n) is 9.15. The summed E-state index contributed by atoms with van der Waals surface area (Å²) < 4.78 is 10.6. The van der Waals surface area contributed by atoms with Crippen molar-refractivity contribution in [2.24, 2.45) is 0 Å². The van der Waals surface area contributed by atoms with Gasteiger partial charge in [0.25, 0.3) is 0 Å². The molecule has 0 aliphatic carbocycles. The van der Waals surface area contributed by atoms with E-state index in [1.165, 1.54) is 0 Å². The maximum absolute atomic E-state index is 12.9. The zero-order valence-corrected chi connectivity index (χ0v) is 17.3. The fourth-order valence-corrected chi connectivity index (χ4v) is 3.72. The Labute approximate surface area is 170 Å². The van der Waals surface area contributed by atoms with Crippen molar-refractivity contribution in [2.75, 3.05) is 18.6 Å². The number of aryl methyl sites for hydroxylation is 1. The van der Waals surface area contributed by atoms with E-state index in [1.54, 1.807) is 14.0 Å². The van der Waals surface area contributed by atoms with E-state index in [2.05, 4.69) is 11.4 Å². The Morgan fingerprint density at radius 1 is 1.18 bits per heavy atom.